The third kappa shape index (κ3) is 3.96. The quantitative estimate of drug-likeness (QED) is 0.903. The lowest BCUT2D eigenvalue weighted by atomic mass is 10.3. The van der Waals surface area contributed by atoms with Crippen molar-refractivity contribution in [2.24, 2.45) is 0 Å². The highest BCUT2D eigenvalue weighted by atomic mass is 19.4. The Morgan fingerprint density at radius 1 is 1.30 bits per heavy atom. The number of aromatic amines is 1. The van der Waals surface area contributed by atoms with Gasteiger partial charge in [-0.25, -0.2) is 4.98 Å². The third-order valence-corrected chi connectivity index (χ3v) is 3.21. The van der Waals surface area contributed by atoms with E-state index in [-0.39, 0.29) is 5.56 Å². The normalized spacial score (nSPS) is 17.5. The Balaban J connectivity index is 2.00. The summed E-state index contributed by atoms with van der Waals surface area (Å²) in [6.07, 6.45) is -3.56. The molecule has 0 amide bonds. The van der Waals surface area contributed by atoms with Crippen LogP contribution >= 0.6 is 0 Å². The Labute approximate surface area is 114 Å². The van der Waals surface area contributed by atoms with Gasteiger partial charge >= 0.3 is 6.18 Å². The zero-order valence-corrected chi connectivity index (χ0v) is 11.2. The highest BCUT2D eigenvalue weighted by molar-refractivity contribution is 5.38. The van der Waals surface area contributed by atoms with Crippen molar-refractivity contribution in [1.29, 1.82) is 0 Å². The van der Waals surface area contributed by atoms with Gasteiger partial charge in [-0.05, 0) is 0 Å². The second-order valence-electron chi connectivity index (χ2n) is 4.78. The number of alkyl halides is 3. The van der Waals surface area contributed by atoms with Crippen molar-refractivity contribution in [3.05, 3.63) is 22.2 Å². The van der Waals surface area contributed by atoms with Crippen LogP contribution in [-0.2, 0) is 6.42 Å². The van der Waals surface area contributed by atoms with E-state index in [0.29, 0.717) is 44.2 Å². The fourth-order valence-electron chi connectivity index (χ4n) is 2.21. The van der Waals surface area contributed by atoms with E-state index in [1.807, 2.05) is 11.8 Å². The maximum Gasteiger partial charge on any atom is 0.401 e. The lowest BCUT2D eigenvalue weighted by Crippen LogP contribution is -2.49. The van der Waals surface area contributed by atoms with Gasteiger partial charge in [0.2, 0.25) is 0 Å². The molecule has 2 heterocycles. The maximum absolute atomic E-state index is 12.3. The molecule has 0 saturated carbocycles. The monoisotopic (exact) mass is 290 g/mol. The van der Waals surface area contributed by atoms with Crippen LogP contribution in [0.5, 0.6) is 0 Å². The highest BCUT2D eigenvalue weighted by Crippen LogP contribution is 2.18. The molecule has 1 N–H and O–H groups in total. The predicted octanol–water partition coefficient (Wildman–Crippen LogP) is 1.02. The van der Waals surface area contributed by atoms with E-state index in [0.717, 1.165) is 0 Å². The second-order valence-corrected chi connectivity index (χ2v) is 4.78. The molecule has 1 aromatic rings. The molecule has 1 saturated heterocycles. The molecule has 5 nitrogen and oxygen atoms in total. The van der Waals surface area contributed by atoms with Gasteiger partial charge in [0, 0.05) is 38.7 Å². The number of H-pyrrole nitrogens is 1. The van der Waals surface area contributed by atoms with E-state index >= 15 is 0 Å². The SMILES string of the molecule is CCc1nc(N2CCN(CC(F)(F)F)CC2)cc(=O)[nH]1. The first-order valence-corrected chi connectivity index (χ1v) is 6.51. The Morgan fingerprint density at radius 3 is 2.50 bits per heavy atom. The zero-order valence-electron chi connectivity index (χ0n) is 11.2. The minimum Gasteiger partial charge on any atom is -0.354 e. The standard InChI is InChI=1S/C12H17F3N4O/c1-2-9-16-10(7-11(20)17-9)19-5-3-18(4-6-19)8-12(13,14)15/h7H,2-6,8H2,1H3,(H,16,17,20). The summed E-state index contributed by atoms with van der Waals surface area (Å²) in [7, 11) is 0. The van der Waals surface area contributed by atoms with Crippen molar-refractivity contribution >= 4 is 5.82 Å². The maximum atomic E-state index is 12.3. The first-order chi connectivity index (χ1) is 9.37. The number of rotatable bonds is 3. The summed E-state index contributed by atoms with van der Waals surface area (Å²) in [4.78, 5) is 21.6. The number of aromatic nitrogens is 2. The van der Waals surface area contributed by atoms with Crippen LogP contribution in [0, 0.1) is 0 Å². The molecule has 20 heavy (non-hydrogen) atoms. The topological polar surface area (TPSA) is 52.2 Å². The Kier molecular flexibility index (Phi) is 4.32. The summed E-state index contributed by atoms with van der Waals surface area (Å²) >= 11 is 0. The fourth-order valence-corrected chi connectivity index (χ4v) is 2.21. The van der Waals surface area contributed by atoms with Crippen LogP contribution in [0.1, 0.15) is 12.7 Å². The largest absolute Gasteiger partial charge is 0.401 e. The van der Waals surface area contributed by atoms with Gasteiger partial charge in [0.1, 0.15) is 11.6 Å². The molecule has 8 heteroatoms. The Bertz CT molecular complexity index is 506. The van der Waals surface area contributed by atoms with Crippen LogP contribution in [0.3, 0.4) is 0 Å². The van der Waals surface area contributed by atoms with Crippen LogP contribution in [0.25, 0.3) is 0 Å². The molecular weight excluding hydrogens is 273 g/mol. The van der Waals surface area contributed by atoms with Gasteiger partial charge in [-0.1, -0.05) is 6.92 Å². The van der Waals surface area contributed by atoms with E-state index in [1.54, 1.807) is 0 Å². The Morgan fingerprint density at radius 2 is 1.95 bits per heavy atom. The summed E-state index contributed by atoms with van der Waals surface area (Å²) in [6.45, 7) is 2.50. The molecule has 1 aliphatic rings. The number of hydrogen-bond acceptors (Lipinski definition) is 4. The summed E-state index contributed by atoms with van der Waals surface area (Å²) in [5.41, 5.74) is -0.232. The lowest BCUT2D eigenvalue weighted by Gasteiger charge is -2.35. The van der Waals surface area contributed by atoms with Gasteiger partial charge in [0.25, 0.3) is 5.56 Å². The van der Waals surface area contributed by atoms with Crippen LogP contribution in [-0.4, -0.2) is 53.8 Å². The summed E-state index contributed by atoms with van der Waals surface area (Å²) in [5.74, 6) is 1.13. The van der Waals surface area contributed by atoms with Gasteiger partial charge in [-0.3, -0.25) is 9.69 Å². The van der Waals surface area contributed by atoms with E-state index in [2.05, 4.69) is 9.97 Å². The molecule has 0 spiro atoms. The summed E-state index contributed by atoms with van der Waals surface area (Å²) in [5, 5.41) is 0. The lowest BCUT2D eigenvalue weighted by molar-refractivity contribution is -0.146. The van der Waals surface area contributed by atoms with Gasteiger partial charge in [0.15, 0.2) is 0 Å². The number of anilines is 1. The number of nitrogens with one attached hydrogen (secondary N) is 1. The van der Waals surface area contributed by atoms with E-state index in [1.165, 1.54) is 11.0 Å². The molecule has 2 rings (SSSR count). The van der Waals surface area contributed by atoms with Crippen LogP contribution in [0.4, 0.5) is 19.0 Å². The minimum atomic E-state index is -4.17. The molecular formula is C12H17F3N4O. The van der Waals surface area contributed by atoms with Gasteiger partial charge in [-0.15, -0.1) is 0 Å². The minimum absolute atomic E-state index is 0.232. The third-order valence-electron chi connectivity index (χ3n) is 3.21. The van der Waals surface area contributed by atoms with E-state index in [4.69, 9.17) is 0 Å². The molecule has 0 unspecified atom stereocenters. The summed E-state index contributed by atoms with van der Waals surface area (Å²) < 4.78 is 36.9. The van der Waals surface area contributed by atoms with Crippen molar-refractivity contribution < 1.29 is 13.2 Å². The number of nitrogens with zero attached hydrogens (tertiary/aromatic N) is 3. The molecule has 0 radical (unpaired) electrons. The average molecular weight is 290 g/mol. The van der Waals surface area contributed by atoms with Crippen LogP contribution in [0.15, 0.2) is 10.9 Å². The van der Waals surface area contributed by atoms with Crippen LogP contribution < -0.4 is 10.5 Å². The van der Waals surface area contributed by atoms with Crippen molar-refractivity contribution in [3.8, 4) is 0 Å². The zero-order chi connectivity index (χ0) is 14.8. The van der Waals surface area contributed by atoms with Crippen molar-refractivity contribution in [1.82, 2.24) is 14.9 Å². The molecule has 0 bridgehead atoms. The van der Waals surface area contributed by atoms with Crippen molar-refractivity contribution in [2.45, 2.75) is 19.5 Å². The van der Waals surface area contributed by atoms with Gasteiger partial charge in [0.05, 0.1) is 6.54 Å². The first kappa shape index (κ1) is 14.8. The summed E-state index contributed by atoms with van der Waals surface area (Å²) in [6, 6.07) is 1.39. The number of halogens is 3. The molecule has 0 aliphatic carbocycles. The number of hydrogen-bond donors (Lipinski definition) is 1. The van der Waals surface area contributed by atoms with Crippen molar-refractivity contribution in [3.63, 3.8) is 0 Å². The smallest absolute Gasteiger partial charge is 0.354 e. The van der Waals surface area contributed by atoms with E-state index < -0.39 is 12.7 Å². The highest BCUT2D eigenvalue weighted by Gasteiger charge is 2.32. The predicted molar refractivity (Wildman–Crippen MR) is 68.9 cm³/mol. The van der Waals surface area contributed by atoms with Gasteiger partial charge in [-0.2, -0.15) is 13.2 Å². The fraction of sp³-hybridized carbons (Fsp3) is 0.667. The number of aryl methyl sites for hydroxylation is 1. The van der Waals surface area contributed by atoms with Gasteiger partial charge < -0.3 is 9.88 Å². The molecule has 0 atom stereocenters. The molecule has 1 fully saturated rings. The second kappa shape index (κ2) is 5.82. The Hall–Kier alpha value is -1.57. The molecule has 0 aromatic carbocycles. The van der Waals surface area contributed by atoms with Crippen LogP contribution in [0.2, 0.25) is 0 Å². The average Bonchev–Trinajstić information content (AvgIpc) is 2.37. The first-order valence-electron chi connectivity index (χ1n) is 6.51. The molecule has 1 aliphatic heterocycles. The molecule has 1 aromatic heterocycles. The number of piperazine rings is 1. The molecule has 112 valence electrons. The van der Waals surface area contributed by atoms with E-state index in [9.17, 15) is 18.0 Å². The van der Waals surface area contributed by atoms with Crippen molar-refractivity contribution in [2.75, 3.05) is 37.6 Å².